The van der Waals surface area contributed by atoms with Gasteiger partial charge in [-0.05, 0) is 36.8 Å². The second-order valence-electron chi connectivity index (χ2n) is 5.19. The molecule has 0 saturated carbocycles. The molecule has 0 aliphatic carbocycles. The van der Waals surface area contributed by atoms with E-state index in [1.807, 2.05) is 0 Å². The van der Waals surface area contributed by atoms with Crippen LogP contribution >= 0.6 is 0 Å². The first kappa shape index (κ1) is 15.5. The van der Waals surface area contributed by atoms with Crippen LogP contribution in [0.15, 0.2) is 59.2 Å². The fourth-order valence-corrected chi connectivity index (χ4v) is 2.36. The smallest absolute Gasteiger partial charge is 0.267 e. The quantitative estimate of drug-likeness (QED) is 0.492. The van der Waals surface area contributed by atoms with Gasteiger partial charge in [0.25, 0.3) is 11.6 Å². The zero-order chi connectivity index (χ0) is 17.3. The van der Waals surface area contributed by atoms with Crippen molar-refractivity contribution < 1.29 is 14.1 Å². The summed E-state index contributed by atoms with van der Waals surface area (Å²) < 4.78 is 13.3. The Morgan fingerprint density at radius 1 is 1.21 bits per heavy atom. The van der Waals surface area contributed by atoms with Gasteiger partial charge in [-0.15, -0.1) is 0 Å². The molecule has 1 aliphatic heterocycles. The van der Waals surface area contributed by atoms with E-state index in [1.165, 1.54) is 36.4 Å². The number of nitro benzene ring substituents is 1. The summed E-state index contributed by atoms with van der Waals surface area (Å²) in [4.78, 5) is 22.9. The maximum absolute atomic E-state index is 13.3. The summed E-state index contributed by atoms with van der Waals surface area (Å²) in [5.74, 6) is -0.881. The molecule has 0 spiro atoms. The van der Waals surface area contributed by atoms with Crippen LogP contribution in [0.1, 0.15) is 12.5 Å². The topological polar surface area (TPSA) is 75.8 Å². The van der Waals surface area contributed by atoms with Crippen molar-refractivity contribution >= 4 is 29.1 Å². The molecule has 1 heterocycles. The number of nitrogens with zero attached hydrogens (tertiary/aromatic N) is 3. The van der Waals surface area contributed by atoms with Crippen LogP contribution in [-0.2, 0) is 4.79 Å². The number of anilines is 1. The van der Waals surface area contributed by atoms with Crippen molar-refractivity contribution in [2.75, 3.05) is 5.01 Å². The van der Waals surface area contributed by atoms with E-state index in [0.717, 1.165) is 5.01 Å². The van der Waals surface area contributed by atoms with Gasteiger partial charge in [0, 0.05) is 12.1 Å². The number of hydrogen-bond donors (Lipinski definition) is 0. The van der Waals surface area contributed by atoms with Crippen molar-refractivity contribution in [3.8, 4) is 0 Å². The molecule has 7 heteroatoms. The van der Waals surface area contributed by atoms with E-state index in [0.29, 0.717) is 22.5 Å². The molecule has 0 atom stereocenters. The first-order chi connectivity index (χ1) is 11.5. The minimum Gasteiger partial charge on any atom is -0.267 e. The number of benzene rings is 2. The van der Waals surface area contributed by atoms with Gasteiger partial charge in [-0.25, -0.2) is 4.39 Å². The SMILES string of the molecule is CC1=NN(c2cccc(F)c2)C(=O)C1=Cc1cccc([N+](=O)[O-])c1. The van der Waals surface area contributed by atoms with Gasteiger partial charge in [0.15, 0.2) is 0 Å². The molecule has 3 rings (SSSR count). The number of hydrazone groups is 1. The molecule has 0 saturated heterocycles. The van der Waals surface area contributed by atoms with Crippen LogP contribution in [0.4, 0.5) is 15.8 Å². The average Bonchev–Trinajstić information content (AvgIpc) is 2.83. The third-order valence-corrected chi connectivity index (χ3v) is 3.51. The van der Waals surface area contributed by atoms with Gasteiger partial charge in [0.05, 0.1) is 21.9 Å². The molecule has 2 aromatic rings. The number of carbonyl (C=O) groups excluding carboxylic acids is 1. The Bertz CT molecular complexity index is 905. The summed E-state index contributed by atoms with van der Waals surface area (Å²) >= 11 is 0. The van der Waals surface area contributed by atoms with Crippen molar-refractivity contribution in [1.82, 2.24) is 0 Å². The van der Waals surface area contributed by atoms with E-state index in [9.17, 15) is 19.3 Å². The third-order valence-electron chi connectivity index (χ3n) is 3.51. The molecule has 6 nitrogen and oxygen atoms in total. The van der Waals surface area contributed by atoms with E-state index in [2.05, 4.69) is 5.10 Å². The lowest BCUT2D eigenvalue weighted by atomic mass is 10.1. The number of amides is 1. The highest BCUT2D eigenvalue weighted by Crippen LogP contribution is 2.26. The first-order valence-corrected chi connectivity index (χ1v) is 7.07. The molecule has 0 radical (unpaired) electrons. The Morgan fingerprint density at radius 3 is 2.67 bits per heavy atom. The van der Waals surface area contributed by atoms with Crippen molar-refractivity contribution in [2.45, 2.75) is 6.92 Å². The van der Waals surface area contributed by atoms with E-state index >= 15 is 0 Å². The molecule has 2 aromatic carbocycles. The zero-order valence-corrected chi connectivity index (χ0v) is 12.6. The van der Waals surface area contributed by atoms with Gasteiger partial charge >= 0.3 is 0 Å². The van der Waals surface area contributed by atoms with Gasteiger partial charge in [-0.2, -0.15) is 10.1 Å². The lowest BCUT2D eigenvalue weighted by Gasteiger charge is -2.11. The van der Waals surface area contributed by atoms with Crippen LogP contribution in [0, 0.1) is 15.9 Å². The molecule has 0 aromatic heterocycles. The van der Waals surface area contributed by atoms with Crippen LogP contribution < -0.4 is 5.01 Å². The standard InChI is InChI=1S/C17H12FN3O3/c1-11-16(9-12-4-2-7-15(8-12)21(23)24)17(22)20(19-11)14-6-3-5-13(18)10-14/h2-10H,1H3. The Balaban J connectivity index is 1.96. The molecule has 0 unspecified atom stereocenters. The van der Waals surface area contributed by atoms with Crippen LogP contribution in [0.3, 0.4) is 0 Å². The maximum atomic E-state index is 13.3. The number of hydrogen-bond acceptors (Lipinski definition) is 4. The number of nitro groups is 1. The van der Waals surface area contributed by atoms with E-state index < -0.39 is 16.6 Å². The largest absolute Gasteiger partial charge is 0.280 e. The molecule has 120 valence electrons. The van der Waals surface area contributed by atoms with Gasteiger partial charge in [-0.1, -0.05) is 18.2 Å². The number of non-ortho nitro benzene ring substituents is 1. The number of carbonyl (C=O) groups is 1. The molecule has 1 aliphatic rings. The number of rotatable bonds is 3. The molecule has 0 bridgehead atoms. The van der Waals surface area contributed by atoms with Crippen LogP contribution in [-0.4, -0.2) is 16.5 Å². The summed E-state index contributed by atoms with van der Waals surface area (Å²) in [6.45, 7) is 1.65. The molecule has 0 N–H and O–H groups in total. The molecular weight excluding hydrogens is 313 g/mol. The second kappa shape index (κ2) is 6.04. The highest BCUT2D eigenvalue weighted by atomic mass is 19.1. The second-order valence-corrected chi connectivity index (χ2v) is 5.19. The van der Waals surface area contributed by atoms with E-state index in [-0.39, 0.29) is 5.69 Å². The third kappa shape index (κ3) is 2.91. The molecule has 24 heavy (non-hydrogen) atoms. The summed E-state index contributed by atoms with van der Waals surface area (Å²) in [6.07, 6.45) is 1.54. The molecule has 0 fully saturated rings. The van der Waals surface area contributed by atoms with Gasteiger partial charge in [0.1, 0.15) is 5.82 Å². The lowest BCUT2D eigenvalue weighted by molar-refractivity contribution is -0.384. The summed E-state index contributed by atoms with van der Waals surface area (Å²) in [6, 6.07) is 11.5. The minimum absolute atomic E-state index is 0.0635. The average molecular weight is 325 g/mol. The van der Waals surface area contributed by atoms with Crippen molar-refractivity contribution in [1.29, 1.82) is 0 Å². The molecular formula is C17H12FN3O3. The van der Waals surface area contributed by atoms with Crippen LogP contribution in [0.2, 0.25) is 0 Å². The fourth-order valence-electron chi connectivity index (χ4n) is 2.36. The summed E-state index contributed by atoms with van der Waals surface area (Å²) in [5.41, 5.74) is 1.53. The maximum Gasteiger partial charge on any atom is 0.280 e. The number of halogens is 1. The Morgan fingerprint density at radius 2 is 1.96 bits per heavy atom. The van der Waals surface area contributed by atoms with E-state index in [1.54, 1.807) is 25.1 Å². The molecule has 1 amide bonds. The summed E-state index contributed by atoms with van der Waals surface area (Å²) in [5, 5.41) is 16.1. The lowest BCUT2D eigenvalue weighted by Crippen LogP contribution is -2.21. The van der Waals surface area contributed by atoms with E-state index in [4.69, 9.17) is 0 Å². The van der Waals surface area contributed by atoms with Crippen LogP contribution in [0.25, 0.3) is 6.08 Å². The normalized spacial score (nSPS) is 15.8. The Labute approximate surface area is 136 Å². The van der Waals surface area contributed by atoms with Gasteiger partial charge < -0.3 is 0 Å². The van der Waals surface area contributed by atoms with Gasteiger partial charge in [-0.3, -0.25) is 14.9 Å². The predicted molar refractivity (Wildman–Crippen MR) is 88.1 cm³/mol. The van der Waals surface area contributed by atoms with Crippen LogP contribution in [0.5, 0.6) is 0 Å². The van der Waals surface area contributed by atoms with Gasteiger partial charge in [0.2, 0.25) is 0 Å². The van der Waals surface area contributed by atoms with Crippen molar-refractivity contribution in [3.63, 3.8) is 0 Å². The first-order valence-electron chi connectivity index (χ1n) is 7.07. The predicted octanol–water partition coefficient (Wildman–Crippen LogP) is 3.54. The Hall–Kier alpha value is -3.35. The highest BCUT2D eigenvalue weighted by Gasteiger charge is 2.28. The minimum atomic E-state index is -0.502. The van der Waals surface area contributed by atoms with Crippen molar-refractivity contribution in [3.05, 3.63) is 75.6 Å². The Kier molecular flexibility index (Phi) is 3.91. The zero-order valence-electron chi connectivity index (χ0n) is 12.6. The summed E-state index contributed by atoms with van der Waals surface area (Å²) in [7, 11) is 0. The monoisotopic (exact) mass is 325 g/mol. The fraction of sp³-hybridized carbons (Fsp3) is 0.0588. The highest BCUT2D eigenvalue weighted by molar-refractivity contribution is 6.32. The van der Waals surface area contributed by atoms with Crippen molar-refractivity contribution in [2.24, 2.45) is 5.10 Å².